The second-order valence-corrected chi connectivity index (χ2v) is 6.19. The molecular formula is C21H18N4. The molecule has 0 N–H and O–H groups in total. The maximum atomic E-state index is 9.22. The Hall–Kier alpha value is -3.32. The zero-order valence-corrected chi connectivity index (χ0v) is 13.8. The largest absolute Gasteiger partial charge is 0.348 e. The fourth-order valence-corrected chi connectivity index (χ4v) is 3.37. The standard InChI is InChI=1S/C21H18N4/c1-16(20-7-3-2-6-17(20)13-22)9-11-24-14-19-12-18(24)15-25(19)21-8-4-5-10-23-21/h2-12,19H,1,14-15H2/b11-9+. The predicted octanol–water partition coefficient (Wildman–Crippen LogP) is 3.57. The zero-order chi connectivity index (χ0) is 17.2. The summed E-state index contributed by atoms with van der Waals surface area (Å²) in [5.74, 6) is 1.02. The van der Waals surface area contributed by atoms with Gasteiger partial charge in [-0.05, 0) is 41.5 Å². The first-order valence-corrected chi connectivity index (χ1v) is 8.28. The zero-order valence-electron chi connectivity index (χ0n) is 13.8. The van der Waals surface area contributed by atoms with Gasteiger partial charge in [-0.2, -0.15) is 5.26 Å². The van der Waals surface area contributed by atoms with E-state index in [1.165, 1.54) is 5.70 Å². The van der Waals surface area contributed by atoms with E-state index in [-0.39, 0.29) is 0 Å². The molecule has 25 heavy (non-hydrogen) atoms. The number of benzene rings is 1. The number of hydrogen-bond acceptors (Lipinski definition) is 4. The molecule has 0 radical (unpaired) electrons. The van der Waals surface area contributed by atoms with E-state index in [9.17, 15) is 5.26 Å². The van der Waals surface area contributed by atoms with Gasteiger partial charge in [0.2, 0.25) is 0 Å². The number of nitriles is 1. The summed E-state index contributed by atoms with van der Waals surface area (Å²) in [7, 11) is 0. The van der Waals surface area contributed by atoms with E-state index in [4.69, 9.17) is 0 Å². The molecule has 0 saturated heterocycles. The van der Waals surface area contributed by atoms with Crippen molar-refractivity contribution < 1.29 is 0 Å². The Bertz CT molecular complexity index is 905. The van der Waals surface area contributed by atoms with Crippen LogP contribution in [0.15, 0.2) is 79.3 Å². The van der Waals surface area contributed by atoms with Crippen molar-refractivity contribution in [2.75, 3.05) is 18.0 Å². The van der Waals surface area contributed by atoms with Crippen molar-refractivity contribution in [3.05, 3.63) is 90.4 Å². The average Bonchev–Trinajstić information content (AvgIpc) is 3.27. The van der Waals surface area contributed by atoms with Gasteiger partial charge < -0.3 is 9.80 Å². The Labute approximate surface area is 147 Å². The van der Waals surface area contributed by atoms with Gasteiger partial charge in [-0.3, -0.25) is 0 Å². The fraction of sp³-hybridized carbons (Fsp3) is 0.143. The molecule has 0 spiro atoms. The second kappa shape index (κ2) is 6.29. The topological polar surface area (TPSA) is 43.2 Å². The molecule has 3 heterocycles. The lowest BCUT2D eigenvalue weighted by molar-refractivity contribution is 0.431. The average molecular weight is 326 g/mol. The SMILES string of the molecule is C=C(/C=C/N1CC2C=C1CN2c1ccccn1)c1ccccc1C#N. The maximum absolute atomic E-state index is 9.22. The molecule has 0 fully saturated rings. The highest BCUT2D eigenvalue weighted by Crippen LogP contribution is 2.32. The van der Waals surface area contributed by atoms with Gasteiger partial charge in [0.15, 0.2) is 0 Å². The summed E-state index contributed by atoms with van der Waals surface area (Å²) < 4.78 is 0. The number of nitrogens with zero attached hydrogens (tertiary/aromatic N) is 4. The van der Waals surface area contributed by atoms with E-state index in [1.807, 2.05) is 48.7 Å². The Morgan fingerprint density at radius 2 is 2.08 bits per heavy atom. The number of anilines is 1. The quantitative estimate of drug-likeness (QED) is 0.806. The van der Waals surface area contributed by atoms with Gasteiger partial charge in [0.05, 0.1) is 24.2 Å². The molecule has 0 aliphatic carbocycles. The number of aromatic nitrogens is 1. The van der Waals surface area contributed by atoms with Gasteiger partial charge in [-0.1, -0.05) is 30.8 Å². The molecule has 4 rings (SSSR count). The molecule has 1 atom stereocenters. The van der Waals surface area contributed by atoms with Crippen LogP contribution in [0.2, 0.25) is 0 Å². The number of fused-ring (bicyclic) bond motifs is 1. The van der Waals surface area contributed by atoms with Gasteiger partial charge in [-0.15, -0.1) is 0 Å². The van der Waals surface area contributed by atoms with Crippen molar-refractivity contribution in [3.8, 4) is 6.07 Å². The normalized spacial score (nSPS) is 18.5. The van der Waals surface area contributed by atoms with E-state index >= 15 is 0 Å². The number of hydrogen-bond donors (Lipinski definition) is 0. The molecule has 2 bridgehead atoms. The summed E-state index contributed by atoms with van der Waals surface area (Å²) in [5, 5.41) is 9.22. The molecule has 2 aliphatic heterocycles. The van der Waals surface area contributed by atoms with Crippen LogP contribution in [-0.2, 0) is 0 Å². The lowest BCUT2D eigenvalue weighted by Crippen LogP contribution is -2.42. The summed E-state index contributed by atoms with van der Waals surface area (Å²) in [5.41, 5.74) is 3.67. The summed E-state index contributed by atoms with van der Waals surface area (Å²) in [6, 6.07) is 16.1. The number of pyridine rings is 1. The van der Waals surface area contributed by atoms with E-state index in [0.29, 0.717) is 11.6 Å². The van der Waals surface area contributed by atoms with E-state index in [0.717, 1.165) is 30.0 Å². The van der Waals surface area contributed by atoms with Crippen LogP contribution in [0.4, 0.5) is 5.82 Å². The van der Waals surface area contributed by atoms with Crippen LogP contribution in [0.1, 0.15) is 11.1 Å². The van der Waals surface area contributed by atoms with Crippen molar-refractivity contribution in [3.63, 3.8) is 0 Å². The van der Waals surface area contributed by atoms with E-state index < -0.39 is 0 Å². The van der Waals surface area contributed by atoms with Gasteiger partial charge >= 0.3 is 0 Å². The van der Waals surface area contributed by atoms with Crippen LogP contribution < -0.4 is 4.90 Å². The van der Waals surface area contributed by atoms with Gasteiger partial charge in [0.1, 0.15) is 5.82 Å². The minimum atomic E-state index is 0.356. The van der Waals surface area contributed by atoms with Crippen molar-refractivity contribution in [1.82, 2.24) is 9.88 Å². The van der Waals surface area contributed by atoms with E-state index in [1.54, 1.807) is 0 Å². The Morgan fingerprint density at radius 3 is 2.80 bits per heavy atom. The number of rotatable bonds is 4. The molecule has 2 aliphatic rings. The van der Waals surface area contributed by atoms with Crippen molar-refractivity contribution in [2.24, 2.45) is 0 Å². The van der Waals surface area contributed by atoms with Crippen molar-refractivity contribution in [1.29, 1.82) is 5.26 Å². The third kappa shape index (κ3) is 2.81. The van der Waals surface area contributed by atoms with Gasteiger partial charge in [0.25, 0.3) is 0 Å². The Balaban J connectivity index is 1.44. The monoisotopic (exact) mass is 326 g/mol. The first-order chi connectivity index (χ1) is 12.3. The molecule has 4 heteroatoms. The van der Waals surface area contributed by atoms with Crippen LogP contribution in [0.5, 0.6) is 0 Å². The minimum Gasteiger partial charge on any atom is -0.348 e. The summed E-state index contributed by atoms with van der Waals surface area (Å²) >= 11 is 0. The molecule has 1 aromatic carbocycles. The Morgan fingerprint density at radius 1 is 1.24 bits per heavy atom. The minimum absolute atomic E-state index is 0.356. The first-order valence-electron chi connectivity index (χ1n) is 8.28. The highest BCUT2D eigenvalue weighted by atomic mass is 15.3. The van der Waals surface area contributed by atoms with Crippen LogP contribution >= 0.6 is 0 Å². The highest BCUT2D eigenvalue weighted by Gasteiger charge is 2.35. The molecule has 0 saturated carbocycles. The summed E-state index contributed by atoms with van der Waals surface area (Å²) in [6.45, 7) is 5.90. The van der Waals surface area contributed by atoms with Crippen LogP contribution in [0, 0.1) is 11.3 Å². The van der Waals surface area contributed by atoms with Gasteiger partial charge in [-0.25, -0.2) is 4.98 Å². The van der Waals surface area contributed by atoms with Gasteiger partial charge in [0, 0.05) is 24.6 Å². The molecule has 1 aromatic heterocycles. The molecule has 1 unspecified atom stereocenters. The second-order valence-electron chi connectivity index (χ2n) is 6.19. The van der Waals surface area contributed by atoms with Crippen molar-refractivity contribution >= 4 is 11.4 Å². The fourth-order valence-electron chi connectivity index (χ4n) is 3.37. The summed E-state index contributed by atoms with van der Waals surface area (Å²) in [4.78, 5) is 9.02. The maximum Gasteiger partial charge on any atom is 0.129 e. The predicted molar refractivity (Wildman–Crippen MR) is 99.5 cm³/mol. The van der Waals surface area contributed by atoms with Crippen LogP contribution in [0.25, 0.3) is 5.57 Å². The molecule has 0 amide bonds. The molecular weight excluding hydrogens is 308 g/mol. The third-order valence-electron chi connectivity index (χ3n) is 4.66. The lowest BCUT2D eigenvalue weighted by atomic mass is 10.0. The van der Waals surface area contributed by atoms with E-state index in [2.05, 4.69) is 45.8 Å². The Kier molecular flexibility index (Phi) is 3.83. The smallest absolute Gasteiger partial charge is 0.129 e. The summed E-state index contributed by atoms with van der Waals surface area (Å²) in [6.07, 6.45) is 8.19. The molecule has 4 nitrogen and oxygen atoms in total. The van der Waals surface area contributed by atoms with Crippen LogP contribution in [-0.4, -0.2) is 29.0 Å². The number of allylic oxidation sites excluding steroid dienone is 2. The lowest BCUT2D eigenvalue weighted by Gasteiger charge is -2.34. The number of piperazine rings is 1. The van der Waals surface area contributed by atoms with Crippen LogP contribution in [0.3, 0.4) is 0 Å². The third-order valence-corrected chi connectivity index (χ3v) is 4.66. The molecule has 122 valence electrons. The first kappa shape index (κ1) is 15.2. The highest BCUT2D eigenvalue weighted by molar-refractivity contribution is 5.75. The van der Waals surface area contributed by atoms with Crippen molar-refractivity contribution in [2.45, 2.75) is 6.04 Å². The molecule has 2 aromatic rings.